The molecule has 0 aromatic carbocycles. The van der Waals surface area contributed by atoms with Crippen LogP contribution >= 0.6 is 0 Å². The zero-order valence-corrected chi connectivity index (χ0v) is 21.6. The SMILES string of the molecule is C[C@@H]1CN(c2ncnc3c2C2(CCC2)CN3c2cc(C#N)ccn2)[C@@H](C)CN1C(=O)C1(N(C)C)CC1. The molecule has 188 valence electrons. The standard InChI is InChI=1S/C27H34N8O/c1-18-15-34(25(36)27(9-10-27)32(3)4)19(2)14-33(18)23-22-24(31-17-30-23)35(16-26(22)7-5-8-26)21-12-20(13-28)6-11-29-21/h6,11-12,17-19H,5,7-10,14-16H2,1-4H3/t18-,19+/m0/s1. The fourth-order valence-electron chi connectivity index (χ4n) is 6.50. The molecule has 4 aliphatic rings. The summed E-state index contributed by atoms with van der Waals surface area (Å²) in [5, 5.41) is 9.41. The summed E-state index contributed by atoms with van der Waals surface area (Å²) in [6.45, 7) is 6.61. The number of anilines is 3. The number of rotatable bonds is 4. The Kier molecular flexibility index (Phi) is 5.23. The average molecular weight is 487 g/mol. The molecule has 2 aromatic heterocycles. The molecule has 0 N–H and O–H groups in total. The van der Waals surface area contributed by atoms with Crippen LogP contribution < -0.4 is 9.80 Å². The van der Waals surface area contributed by atoms with E-state index in [1.807, 2.05) is 20.2 Å². The summed E-state index contributed by atoms with van der Waals surface area (Å²) in [6, 6.07) is 6.05. The van der Waals surface area contributed by atoms with Gasteiger partial charge in [-0.3, -0.25) is 9.69 Å². The first kappa shape index (κ1) is 23.2. The van der Waals surface area contributed by atoms with Crippen molar-refractivity contribution in [3.8, 4) is 6.07 Å². The molecule has 1 saturated heterocycles. The van der Waals surface area contributed by atoms with Crippen molar-refractivity contribution in [3.63, 3.8) is 0 Å². The number of carbonyl (C=O) groups excluding carboxylic acids is 1. The molecule has 9 heteroatoms. The van der Waals surface area contributed by atoms with Gasteiger partial charge in [0.25, 0.3) is 0 Å². The summed E-state index contributed by atoms with van der Waals surface area (Å²) < 4.78 is 0. The van der Waals surface area contributed by atoms with Gasteiger partial charge >= 0.3 is 0 Å². The summed E-state index contributed by atoms with van der Waals surface area (Å²) in [5.74, 6) is 2.94. The third kappa shape index (κ3) is 3.30. The van der Waals surface area contributed by atoms with Gasteiger partial charge in [-0.1, -0.05) is 6.42 Å². The molecule has 0 unspecified atom stereocenters. The zero-order valence-electron chi connectivity index (χ0n) is 21.6. The van der Waals surface area contributed by atoms with Crippen LogP contribution in [0.4, 0.5) is 17.5 Å². The lowest BCUT2D eigenvalue weighted by atomic mass is 9.66. The van der Waals surface area contributed by atoms with Gasteiger partial charge in [0.2, 0.25) is 5.91 Å². The first-order valence-corrected chi connectivity index (χ1v) is 13.0. The second-order valence-electron chi connectivity index (χ2n) is 11.4. The highest BCUT2D eigenvalue weighted by Gasteiger charge is 2.56. The summed E-state index contributed by atoms with van der Waals surface area (Å²) in [4.78, 5) is 36.5. The van der Waals surface area contributed by atoms with Gasteiger partial charge in [0, 0.05) is 48.9 Å². The predicted octanol–water partition coefficient (Wildman–Crippen LogP) is 2.84. The topological polar surface area (TPSA) is 92.5 Å². The smallest absolute Gasteiger partial charge is 0.243 e. The van der Waals surface area contributed by atoms with Gasteiger partial charge in [-0.05, 0) is 65.8 Å². The van der Waals surface area contributed by atoms with Crippen molar-refractivity contribution in [2.75, 3.05) is 43.5 Å². The summed E-state index contributed by atoms with van der Waals surface area (Å²) in [7, 11) is 4.04. The highest BCUT2D eigenvalue weighted by atomic mass is 16.2. The molecular formula is C27H34N8O. The maximum Gasteiger partial charge on any atom is 0.243 e. The first-order chi connectivity index (χ1) is 17.3. The lowest BCUT2D eigenvalue weighted by molar-refractivity contribution is -0.140. The summed E-state index contributed by atoms with van der Waals surface area (Å²) in [5.41, 5.74) is 1.51. The quantitative estimate of drug-likeness (QED) is 0.652. The number of hydrogen-bond acceptors (Lipinski definition) is 8. The molecular weight excluding hydrogens is 452 g/mol. The van der Waals surface area contributed by atoms with E-state index in [0.717, 1.165) is 56.2 Å². The molecule has 3 fully saturated rings. The van der Waals surface area contributed by atoms with E-state index >= 15 is 0 Å². The second-order valence-corrected chi connectivity index (χ2v) is 11.4. The molecule has 1 amide bonds. The van der Waals surface area contributed by atoms with Crippen LogP contribution in [-0.2, 0) is 10.2 Å². The van der Waals surface area contributed by atoms with E-state index in [2.05, 4.69) is 44.5 Å². The Morgan fingerprint density at radius 3 is 2.47 bits per heavy atom. The number of amides is 1. The van der Waals surface area contributed by atoms with Crippen LogP contribution in [-0.4, -0.2) is 82.0 Å². The van der Waals surface area contributed by atoms with Crippen LogP contribution in [0.25, 0.3) is 0 Å². The molecule has 6 rings (SSSR count). The molecule has 1 spiro atoms. The summed E-state index contributed by atoms with van der Waals surface area (Å²) >= 11 is 0. The molecule has 4 heterocycles. The van der Waals surface area contributed by atoms with Crippen molar-refractivity contribution in [3.05, 3.63) is 35.8 Å². The largest absolute Gasteiger partial charge is 0.350 e. The van der Waals surface area contributed by atoms with E-state index in [0.29, 0.717) is 12.1 Å². The minimum absolute atomic E-state index is 0.00909. The molecule has 9 nitrogen and oxygen atoms in total. The van der Waals surface area contributed by atoms with E-state index in [4.69, 9.17) is 9.97 Å². The van der Waals surface area contributed by atoms with Crippen LogP contribution in [0.15, 0.2) is 24.7 Å². The monoisotopic (exact) mass is 486 g/mol. The van der Waals surface area contributed by atoms with Crippen LogP contribution in [0.5, 0.6) is 0 Å². The highest BCUT2D eigenvalue weighted by molar-refractivity contribution is 5.90. The Bertz CT molecular complexity index is 1240. The Balaban J connectivity index is 1.34. The Labute approximate surface area is 212 Å². The minimum Gasteiger partial charge on any atom is -0.350 e. The molecule has 2 aliphatic carbocycles. The number of nitriles is 1. The number of likely N-dealkylation sites (N-methyl/N-ethyl adjacent to an activating group) is 1. The van der Waals surface area contributed by atoms with Crippen molar-refractivity contribution < 1.29 is 4.79 Å². The van der Waals surface area contributed by atoms with Gasteiger partial charge < -0.3 is 14.7 Å². The number of carbonyl (C=O) groups is 1. The Hall–Kier alpha value is -3.25. The maximum atomic E-state index is 13.5. The van der Waals surface area contributed by atoms with Crippen LogP contribution in [0, 0.1) is 11.3 Å². The number of pyridine rings is 1. The van der Waals surface area contributed by atoms with E-state index in [-0.39, 0.29) is 28.9 Å². The number of aromatic nitrogens is 3. The van der Waals surface area contributed by atoms with E-state index in [1.165, 1.54) is 12.0 Å². The lowest BCUT2D eigenvalue weighted by Gasteiger charge is -2.48. The Morgan fingerprint density at radius 1 is 1.08 bits per heavy atom. The van der Waals surface area contributed by atoms with Crippen molar-refractivity contribution in [1.82, 2.24) is 24.8 Å². The molecule has 2 saturated carbocycles. The number of piperazine rings is 1. The van der Waals surface area contributed by atoms with Crippen molar-refractivity contribution in [2.45, 2.75) is 69.0 Å². The third-order valence-corrected chi connectivity index (χ3v) is 9.01. The fourth-order valence-corrected chi connectivity index (χ4v) is 6.50. The predicted molar refractivity (Wildman–Crippen MR) is 137 cm³/mol. The van der Waals surface area contributed by atoms with Crippen molar-refractivity contribution in [2.24, 2.45) is 0 Å². The summed E-state index contributed by atoms with van der Waals surface area (Å²) in [6.07, 6.45) is 8.63. The van der Waals surface area contributed by atoms with Crippen molar-refractivity contribution in [1.29, 1.82) is 5.26 Å². The average Bonchev–Trinajstić information content (AvgIpc) is 3.59. The number of nitrogens with zero attached hydrogens (tertiary/aromatic N) is 8. The van der Waals surface area contributed by atoms with Gasteiger partial charge in [0.1, 0.15) is 29.3 Å². The van der Waals surface area contributed by atoms with Crippen molar-refractivity contribution >= 4 is 23.4 Å². The highest BCUT2D eigenvalue weighted by Crippen LogP contribution is 2.56. The van der Waals surface area contributed by atoms with Gasteiger partial charge in [0.05, 0.1) is 11.6 Å². The molecule has 0 radical (unpaired) electrons. The number of fused-ring (bicyclic) bond motifs is 2. The van der Waals surface area contributed by atoms with Gasteiger partial charge in [-0.15, -0.1) is 0 Å². The zero-order chi connectivity index (χ0) is 25.2. The molecule has 2 atom stereocenters. The minimum atomic E-state index is -0.312. The van der Waals surface area contributed by atoms with Crippen LogP contribution in [0.2, 0.25) is 0 Å². The van der Waals surface area contributed by atoms with E-state index in [9.17, 15) is 10.1 Å². The molecule has 2 aliphatic heterocycles. The van der Waals surface area contributed by atoms with E-state index in [1.54, 1.807) is 18.6 Å². The van der Waals surface area contributed by atoms with E-state index < -0.39 is 0 Å². The molecule has 2 aromatic rings. The van der Waals surface area contributed by atoms with Gasteiger partial charge in [0.15, 0.2) is 0 Å². The molecule has 0 bridgehead atoms. The normalized spacial score (nSPS) is 25.5. The van der Waals surface area contributed by atoms with Crippen LogP contribution in [0.1, 0.15) is 57.1 Å². The maximum absolute atomic E-state index is 13.5. The van der Waals surface area contributed by atoms with Gasteiger partial charge in [-0.25, -0.2) is 15.0 Å². The second kappa shape index (κ2) is 8.13. The van der Waals surface area contributed by atoms with Gasteiger partial charge in [-0.2, -0.15) is 5.26 Å². The fraction of sp³-hybridized carbons (Fsp3) is 0.593. The Morgan fingerprint density at radius 2 is 1.83 bits per heavy atom. The van der Waals surface area contributed by atoms with Crippen LogP contribution in [0.3, 0.4) is 0 Å². The lowest BCUT2D eigenvalue weighted by Crippen LogP contribution is -2.62. The first-order valence-electron chi connectivity index (χ1n) is 13.0. The molecule has 36 heavy (non-hydrogen) atoms. The number of hydrogen-bond donors (Lipinski definition) is 0. The third-order valence-electron chi connectivity index (χ3n) is 9.01.